The SMILES string of the molecule is CCN(C(=O)C1CCCNC1C)c1ccccc1C. The molecule has 2 rings (SSSR count). The largest absolute Gasteiger partial charge is 0.313 e. The monoisotopic (exact) mass is 260 g/mol. The van der Waals surface area contributed by atoms with E-state index in [9.17, 15) is 4.79 Å². The summed E-state index contributed by atoms with van der Waals surface area (Å²) < 4.78 is 0. The summed E-state index contributed by atoms with van der Waals surface area (Å²) >= 11 is 0. The molecule has 1 aromatic rings. The molecule has 104 valence electrons. The number of hydrogen-bond donors (Lipinski definition) is 1. The van der Waals surface area contributed by atoms with E-state index < -0.39 is 0 Å². The number of anilines is 1. The Kier molecular flexibility index (Phi) is 4.59. The first kappa shape index (κ1) is 14.1. The van der Waals surface area contributed by atoms with Crippen LogP contribution < -0.4 is 10.2 Å². The quantitative estimate of drug-likeness (QED) is 0.906. The summed E-state index contributed by atoms with van der Waals surface area (Å²) in [4.78, 5) is 14.7. The van der Waals surface area contributed by atoms with Gasteiger partial charge in [-0.1, -0.05) is 18.2 Å². The Bertz CT molecular complexity index is 444. The number of amides is 1. The second kappa shape index (κ2) is 6.20. The molecule has 1 heterocycles. The fourth-order valence-corrected chi connectivity index (χ4v) is 2.89. The van der Waals surface area contributed by atoms with Crippen LogP contribution in [0.5, 0.6) is 0 Å². The standard InChI is InChI=1S/C16H24N2O/c1-4-18(15-10-6-5-8-12(15)2)16(19)14-9-7-11-17-13(14)3/h5-6,8,10,13-14,17H,4,7,9,11H2,1-3H3. The molecule has 0 aliphatic carbocycles. The van der Waals surface area contributed by atoms with E-state index in [0.717, 1.165) is 37.2 Å². The number of hydrogen-bond acceptors (Lipinski definition) is 2. The van der Waals surface area contributed by atoms with Gasteiger partial charge in [0.05, 0.1) is 5.92 Å². The van der Waals surface area contributed by atoms with Crippen molar-refractivity contribution in [3.05, 3.63) is 29.8 Å². The molecular weight excluding hydrogens is 236 g/mol. The topological polar surface area (TPSA) is 32.3 Å². The van der Waals surface area contributed by atoms with Crippen molar-refractivity contribution < 1.29 is 4.79 Å². The molecule has 1 aromatic carbocycles. The second-order valence-electron chi connectivity index (χ2n) is 5.36. The van der Waals surface area contributed by atoms with Gasteiger partial charge >= 0.3 is 0 Å². The summed E-state index contributed by atoms with van der Waals surface area (Å²) in [5.74, 6) is 0.366. The number of carbonyl (C=O) groups is 1. The van der Waals surface area contributed by atoms with Gasteiger partial charge in [0.1, 0.15) is 0 Å². The van der Waals surface area contributed by atoms with Crippen LogP contribution in [0.4, 0.5) is 5.69 Å². The highest BCUT2D eigenvalue weighted by Crippen LogP contribution is 2.25. The van der Waals surface area contributed by atoms with Crippen LogP contribution in [0.3, 0.4) is 0 Å². The van der Waals surface area contributed by atoms with Crippen molar-refractivity contribution in [2.24, 2.45) is 5.92 Å². The molecule has 0 spiro atoms. The minimum Gasteiger partial charge on any atom is -0.313 e. The Balaban J connectivity index is 2.22. The molecule has 0 saturated carbocycles. The van der Waals surface area contributed by atoms with Crippen LogP contribution in [0.25, 0.3) is 0 Å². The second-order valence-corrected chi connectivity index (χ2v) is 5.36. The van der Waals surface area contributed by atoms with Gasteiger partial charge in [0.2, 0.25) is 5.91 Å². The first-order valence-corrected chi connectivity index (χ1v) is 7.25. The zero-order chi connectivity index (χ0) is 13.8. The average molecular weight is 260 g/mol. The first-order valence-electron chi connectivity index (χ1n) is 7.25. The van der Waals surface area contributed by atoms with Crippen LogP contribution in [0.15, 0.2) is 24.3 Å². The highest BCUT2D eigenvalue weighted by atomic mass is 16.2. The van der Waals surface area contributed by atoms with Crippen LogP contribution in [0, 0.1) is 12.8 Å². The molecule has 1 saturated heterocycles. The number of nitrogens with zero attached hydrogens (tertiary/aromatic N) is 1. The molecular formula is C16H24N2O. The third-order valence-corrected chi connectivity index (χ3v) is 4.07. The van der Waals surface area contributed by atoms with Gasteiger partial charge in [0.15, 0.2) is 0 Å². The predicted molar refractivity (Wildman–Crippen MR) is 79.4 cm³/mol. The van der Waals surface area contributed by atoms with Crippen LogP contribution in [-0.2, 0) is 4.79 Å². The van der Waals surface area contributed by atoms with E-state index in [1.54, 1.807) is 0 Å². The molecule has 19 heavy (non-hydrogen) atoms. The maximum Gasteiger partial charge on any atom is 0.231 e. The lowest BCUT2D eigenvalue weighted by Crippen LogP contribution is -2.48. The molecule has 1 aliphatic rings. The molecule has 0 radical (unpaired) electrons. The van der Waals surface area contributed by atoms with E-state index in [1.165, 1.54) is 0 Å². The van der Waals surface area contributed by atoms with Crippen LogP contribution in [0.1, 0.15) is 32.3 Å². The van der Waals surface area contributed by atoms with Crippen molar-refractivity contribution >= 4 is 11.6 Å². The lowest BCUT2D eigenvalue weighted by Gasteiger charge is -2.33. The molecule has 1 N–H and O–H groups in total. The average Bonchev–Trinajstić information content (AvgIpc) is 2.42. The van der Waals surface area contributed by atoms with Gasteiger partial charge < -0.3 is 10.2 Å². The zero-order valence-electron chi connectivity index (χ0n) is 12.1. The van der Waals surface area contributed by atoms with Crippen LogP contribution >= 0.6 is 0 Å². The minimum atomic E-state index is 0.105. The van der Waals surface area contributed by atoms with E-state index in [4.69, 9.17) is 0 Å². The Labute approximate surface area is 116 Å². The third kappa shape index (κ3) is 2.98. The van der Waals surface area contributed by atoms with Gasteiger partial charge in [-0.05, 0) is 51.8 Å². The smallest absolute Gasteiger partial charge is 0.231 e. The van der Waals surface area contributed by atoms with Gasteiger partial charge in [0.25, 0.3) is 0 Å². The molecule has 2 unspecified atom stereocenters. The molecule has 1 amide bonds. The van der Waals surface area contributed by atoms with E-state index >= 15 is 0 Å². The lowest BCUT2D eigenvalue weighted by molar-refractivity contribution is -0.123. The van der Waals surface area contributed by atoms with Gasteiger partial charge in [-0.2, -0.15) is 0 Å². The molecule has 2 atom stereocenters. The van der Waals surface area contributed by atoms with E-state index in [2.05, 4.69) is 25.2 Å². The number of carbonyl (C=O) groups excluding carboxylic acids is 1. The van der Waals surface area contributed by atoms with Gasteiger partial charge in [0, 0.05) is 18.3 Å². The van der Waals surface area contributed by atoms with Gasteiger partial charge in [-0.3, -0.25) is 4.79 Å². The minimum absolute atomic E-state index is 0.105. The maximum atomic E-state index is 12.8. The Hall–Kier alpha value is -1.35. The normalized spacial score (nSPS) is 23.1. The van der Waals surface area contributed by atoms with Crippen molar-refractivity contribution in [3.8, 4) is 0 Å². The van der Waals surface area contributed by atoms with Crippen molar-refractivity contribution in [2.75, 3.05) is 18.0 Å². The molecule has 1 aliphatic heterocycles. The summed E-state index contributed by atoms with van der Waals surface area (Å²) in [5, 5.41) is 3.41. The Morgan fingerprint density at radius 1 is 1.42 bits per heavy atom. The van der Waals surface area contributed by atoms with Crippen molar-refractivity contribution in [2.45, 2.75) is 39.7 Å². The lowest BCUT2D eigenvalue weighted by atomic mass is 9.90. The van der Waals surface area contributed by atoms with E-state index in [1.807, 2.05) is 30.0 Å². The molecule has 3 nitrogen and oxygen atoms in total. The summed E-state index contributed by atoms with van der Waals surface area (Å²) in [7, 11) is 0. The van der Waals surface area contributed by atoms with Gasteiger partial charge in [-0.25, -0.2) is 0 Å². The Morgan fingerprint density at radius 3 is 2.79 bits per heavy atom. The summed E-state index contributed by atoms with van der Waals surface area (Å²) in [6.07, 6.45) is 2.08. The fraction of sp³-hybridized carbons (Fsp3) is 0.562. The molecule has 3 heteroatoms. The maximum absolute atomic E-state index is 12.8. The fourth-order valence-electron chi connectivity index (χ4n) is 2.89. The number of aryl methyl sites for hydroxylation is 1. The Morgan fingerprint density at radius 2 is 2.16 bits per heavy atom. The van der Waals surface area contributed by atoms with Crippen LogP contribution in [-0.4, -0.2) is 25.0 Å². The van der Waals surface area contributed by atoms with Crippen molar-refractivity contribution in [1.29, 1.82) is 0 Å². The first-order chi connectivity index (χ1) is 9.15. The predicted octanol–water partition coefficient (Wildman–Crippen LogP) is 2.74. The number of nitrogens with one attached hydrogen (secondary N) is 1. The highest BCUT2D eigenvalue weighted by molar-refractivity contribution is 5.96. The number of rotatable bonds is 3. The summed E-state index contributed by atoms with van der Waals surface area (Å²) in [6.45, 7) is 7.99. The number of benzene rings is 1. The summed E-state index contributed by atoms with van der Waals surface area (Å²) in [6, 6.07) is 8.40. The van der Waals surface area contributed by atoms with Crippen molar-refractivity contribution in [1.82, 2.24) is 5.32 Å². The number of piperidine rings is 1. The van der Waals surface area contributed by atoms with Gasteiger partial charge in [-0.15, -0.1) is 0 Å². The van der Waals surface area contributed by atoms with Crippen LogP contribution in [0.2, 0.25) is 0 Å². The number of para-hydroxylation sites is 1. The molecule has 0 aromatic heterocycles. The summed E-state index contributed by atoms with van der Waals surface area (Å²) in [5.41, 5.74) is 2.21. The van der Waals surface area contributed by atoms with E-state index in [-0.39, 0.29) is 17.9 Å². The molecule has 1 fully saturated rings. The molecule has 0 bridgehead atoms. The highest BCUT2D eigenvalue weighted by Gasteiger charge is 2.31. The van der Waals surface area contributed by atoms with E-state index in [0.29, 0.717) is 0 Å². The van der Waals surface area contributed by atoms with Crippen molar-refractivity contribution in [3.63, 3.8) is 0 Å². The zero-order valence-corrected chi connectivity index (χ0v) is 12.1. The third-order valence-electron chi connectivity index (χ3n) is 4.07.